The average Bonchev–Trinajstić information content (AvgIpc) is 2.74. The van der Waals surface area contributed by atoms with Gasteiger partial charge in [0.15, 0.2) is 5.82 Å². The summed E-state index contributed by atoms with van der Waals surface area (Å²) in [4.78, 5) is 2.30. The number of hydrogen-bond donors (Lipinski definition) is 1. The Kier molecular flexibility index (Phi) is 2.07. The van der Waals surface area contributed by atoms with Crippen LogP contribution in [0.25, 0.3) is 10.9 Å². The van der Waals surface area contributed by atoms with E-state index < -0.39 is 0 Å². The molecule has 15 heavy (non-hydrogen) atoms. The van der Waals surface area contributed by atoms with Gasteiger partial charge in [-0.15, -0.1) is 0 Å². The molecule has 4 nitrogen and oxygen atoms in total. The van der Waals surface area contributed by atoms with Crippen molar-refractivity contribution in [3.05, 3.63) is 24.3 Å². The molecule has 0 saturated carbocycles. The summed E-state index contributed by atoms with van der Waals surface area (Å²) in [6.45, 7) is 3.80. The zero-order valence-electron chi connectivity index (χ0n) is 8.48. The summed E-state index contributed by atoms with van der Waals surface area (Å²) < 4.78 is 0. The first-order valence-corrected chi connectivity index (χ1v) is 5.26. The van der Waals surface area contributed by atoms with Crippen molar-refractivity contribution >= 4 is 16.7 Å². The highest BCUT2D eigenvalue weighted by atomic mass is 15.3. The highest BCUT2D eigenvalue weighted by Gasteiger charge is 2.15. The molecule has 1 radical (unpaired) electrons. The number of nitrogens with zero attached hydrogens (tertiary/aromatic N) is 3. The summed E-state index contributed by atoms with van der Waals surface area (Å²) in [6.07, 6.45) is 0. The van der Waals surface area contributed by atoms with Crippen molar-refractivity contribution in [1.82, 2.24) is 15.5 Å². The third kappa shape index (κ3) is 1.47. The molecule has 4 heteroatoms. The van der Waals surface area contributed by atoms with Crippen LogP contribution in [-0.4, -0.2) is 36.4 Å². The minimum absolute atomic E-state index is 0.918. The Morgan fingerprint density at radius 3 is 2.80 bits per heavy atom. The van der Waals surface area contributed by atoms with Gasteiger partial charge in [-0.1, -0.05) is 12.1 Å². The van der Waals surface area contributed by atoms with Gasteiger partial charge in [0, 0.05) is 31.6 Å². The molecule has 1 N–H and O–H groups in total. The van der Waals surface area contributed by atoms with Crippen molar-refractivity contribution in [2.45, 2.75) is 0 Å². The second-order valence-electron chi connectivity index (χ2n) is 3.75. The van der Waals surface area contributed by atoms with Crippen LogP contribution >= 0.6 is 0 Å². The number of anilines is 1. The highest BCUT2D eigenvalue weighted by molar-refractivity contribution is 5.90. The Labute approximate surface area is 88.3 Å². The molecule has 2 heterocycles. The molecule has 1 aromatic carbocycles. The summed E-state index contributed by atoms with van der Waals surface area (Å²) in [5.41, 5.74) is 1.11. The molecule has 0 aliphatic carbocycles. The molecule has 1 aromatic heterocycles. The Balaban J connectivity index is 2.02. The van der Waals surface area contributed by atoms with E-state index in [4.69, 9.17) is 0 Å². The lowest BCUT2D eigenvalue weighted by molar-refractivity contribution is 0.575. The summed E-state index contributed by atoms with van der Waals surface area (Å²) in [5.74, 6) is 1.07. The van der Waals surface area contributed by atoms with Crippen LogP contribution in [-0.2, 0) is 0 Å². The number of aromatic nitrogens is 2. The largest absolute Gasteiger partial charge is 0.352 e. The van der Waals surface area contributed by atoms with Gasteiger partial charge in [-0.25, -0.2) is 5.32 Å². The maximum absolute atomic E-state index is 4.38. The minimum atomic E-state index is 0.918. The molecule has 3 rings (SSSR count). The Morgan fingerprint density at radius 2 is 1.93 bits per heavy atom. The number of para-hydroxylation sites is 1. The van der Waals surface area contributed by atoms with Crippen LogP contribution in [0.15, 0.2) is 24.3 Å². The summed E-state index contributed by atoms with van der Waals surface area (Å²) >= 11 is 0. The van der Waals surface area contributed by atoms with Gasteiger partial charge in [0.2, 0.25) is 0 Å². The van der Waals surface area contributed by atoms with Crippen LogP contribution in [0.4, 0.5) is 5.82 Å². The standard InChI is InChI=1S/C11H13N4/c1-2-4-10-9(3-1)11(14-13-10)15-7-5-12-6-8-15/h1-4H,5-8H2,(H,13,14). The molecule has 0 bridgehead atoms. The van der Waals surface area contributed by atoms with Gasteiger partial charge in [0.25, 0.3) is 0 Å². The molecule has 0 atom stereocenters. The summed E-state index contributed by atoms with van der Waals surface area (Å²) in [7, 11) is 0. The Morgan fingerprint density at radius 1 is 1.13 bits per heavy atom. The van der Waals surface area contributed by atoms with Crippen molar-refractivity contribution in [3.63, 3.8) is 0 Å². The predicted molar refractivity (Wildman–Crippen MR) is 60.2 cm³/mol. The Bertz CT molecular complexity index is 456. The van der Waals surface area contributed by atoms with Gasteiger partial charge in [-0.2, -0.15) is 5.10 Å². The van der Waals surface area contributed by atoms with E-state index in [9.17, 15) is 0 Å². The van der Waals surface area contributed by atoms with Crippen molar-refractivity contribution < 1.29 is 0 Å². The molecule has 1 aliphatic rings. The van der Waals surface area contributed by atoms with E-state index >= 15 is 0 Å². The fourth-order valence-corrected chi connectivity index (χ4v) is 2.01. The molecule has 0 spiro atoms. The van der Waals surface area contributed by atoms with E-state index in [0.717, 1.165) is 37.5 Å². The van der Waals surface area contributed by atoms with Gasteiger partial charge in [-0.3, -0.25) is 5.10 Å². The number of hydrogen-bond acceptors (Lipinski definition) is 2. The van der Waals surface area contributed by atoms with E-state index in [-0.39, 0.29) is 0 Å². The van der Waals surface area contributed by atoms with Crippen LogP contribution < -0.4 is 10.2 Å². The molecule has 1 fully saturated rings. The van der Waals surface area contributed by atoms with E-state index in [0.29, 0.717) is 0 Å². The molecule has 77 valence electrons. The first-order valence-electron chi connectivity index (χ1n) is 5.26. The van der Waals surface area contributed by atoms with E-state index in [1.807, 2.05) is 6.07 Å². The maximum Gasteiger partial charge on any atom is 0.158 e. The second-order valence-corrected chi connectivity index (χ2v) is 3.75. The molecule has 2 aromatic rings. The molecule has 1 aliphatic heterocycles. The second kappa shape index (κ2) is 3.55. The first-order chi connectivity index (χ1) is 7.45. The van der Waals surface area contributed by atoms with Crippen LogP contribution in [0.2, 0.25) is 0 Å². The number of rotatable bonds is 1. The monoisotopic (exact) mass is 201 g/mol. The molecular weight excluding hydrogens is 188 g/mol. The van der Waals surface area contributed by atoms with Crippen LogP contribution in [0.3, 0.4) is 0 Å². The van der Waals surface area contributed by atoms with Crippen molar-refractivity contribution in [2.24, 2.45) is 0 Å². The van der Waals surface area contributed by atoms with Crippen molar-refractivity contribution in [1.29, 1.82) is 0 Å². The first kappa shape index (κ1) is 8.73. The smallest absolute Gasteiger partial charge is 0.158 e. The quantitative estimate of drug-likeness (QED) is 0.747. The topological polar surface area (TPSA) is 46.0 Å². The lowest BCUT2D eigenvalue weighted by Gasteiger charge is -2.26. The zero-order chi connectivity index (χ0) is 10.1. The average molecular weight is 201 g/mol. The SMILES string of the molecule is c1ccc2c(N3CC[N]CC3)n[nH]c2c1. The molecule has 0 amide bonds. The van der Waals surface area contributed by atoms with Gasteiger partial charge >= 0.3 is 0 Å². The fraction of sp³-hybridized carbons (Fsp3) is 0.364. The van der Waals surface area contributed by atoms with Crippen molar-refractivity contribution in [3.8, 4) is 0 Å². The fourth-order valence-electron chi connectivity index (χ4n) is 2.01. The zero-order valence-corrected chi connectivity index (χ0v) is 8.48. The van der Waals surface area contributed by atoms with Crippen LogP contribution in [0.1, 0.15) is 0 Å². The Hall–Kier alpha value is -1.55. The van der Waals surface area contributed by atoms with E-state index in [1.165, 1.54) is 5.39 Å². The van der Waals surface area contributed by atoms with E-state index in [1.54, 1.807) is 0 Å². The number of nitrogens with one attached hydrogen (secondary N) is 1. The molecule has 0 unspecified atom stereocenters. The minimum Gasteiger partial charge on any atom is -0.352 e. The maximum atomic E-state index is 4.38. The number of fused-ring (bicyclic) bond motifs is 1. The molecular formula is C11H13N4. The van der Waals surface area contributed by atoms with Gasteiger partial charge < -0.3 is 4.90 Å². The number of piperazine rings is 1. The highest BCUT2D eigenvalue weighted by Crippen LogP contribution is 2.23. The third-order valence-corrected chi connectivity index (χ3v) is 2.81. The lowest BCUT2D eigenvalue weighted by Crippen LogP contribution is -2.40. The lowest BCUT2D eigenvalue weighted by atomic mass is 10.2. The van der Waals surface area contributed by atoms with Crippen LogP contribution in [0.5, 0.6) is 0 Å². The van der Waals surface area contributed by atoms with E-state index in [2.05, 4.69) is 38.6 Å². The predicted octanol–water partition coefficient (Wildman–Crippen LogP) is 0.987. The normalized spacial score (nSPS) is 17.2. The molecule has 1 saturated heterocycles. The number of aromatic amines is 1. The van der Waals surface area contributed by atoms with Gasteiger partial charge in [0.1, 0.15) is 0 Å². The summed E-state index contributed by atoms with van der Waals surface area (Å²) in [5, 5.41) is 13.0. The number of H-pyrrole nitrogens is 1. The third-order valence-electron chi connectivity index (χ3n) is 2.81. The van der Waals surface area contributed by atoms with Crippen molar-refractivity contribution in [2.75, 3.05) is 31.1 Å². The van der Waals surface area contributed by atoms with Gasteiger partial charge in [-0.05, 0) is 12.1 Å². The summed E-state index contributed by atoms with van der Waals surface area (Å²) in [6, 6.07) is 8.24. The number of benzene rings is 1. The van der Waals surface area contributed by atoms with Crippen LogP contribution in [0, 0.1) is 0 Å². The van der Waals surface area contributed by atoms with Gasteiger partial charge in [0.05, 0.1) is 5.52 Å².